The van der Waals surface area contributed by atoms with Crippen LogP contribution in [0.4, 0.5) is 18.9 Å². The van der Waals surface area contributed by atoms with Gasteiger partial charge in [0.05, 0.1) is 10.6 Å². The number of pyridine rings is 1. The maximum atomic E-state index is 12.8. The molecule has 0 aromatic carbocycles. The summed E-state index contributed by atoms with van der Waals surface area (Å²) in [4.78, 5) is 11.5. The Labute approximate surface area is 70.2 Å². The molecule has 7 heteroatoms. The van der Waals surface area contributed by atoms with E-state index >= 15 is 0 Å². The molecule has 0 fully saturated rings. The molecule has 0 radical (unpaired) electrons. The SMILES string of the molecule is Cc1nc(F)c(F)c([N+](=O)[O-])c1F. The summed E-state index contributed by atoms with van der Waals surface area (Å²) in [5.74, 6) is -5.01. The van der Waals surface area contributed by atoms with Crippen molar-refractivity contribution in [3.8, 4) is 0 Å². The average Bonchev–Trinajstić information content (AvgIpc) is 2.01. The van der Waals surface area contributed by atoms with E-state index in [-0.39, 0.29) is 0 Å². The summed E-state index contributed by atoms with van der Waals surface area (Å²) < 4.78 is 37.8. The number of nitrogens with zero attached hydrogens (tertiary/aromatic N) is 2. The zero-order valence-corrected chi connectivity index (χ0v) is 6.34. The summed E-state index contributed by atoms with van der Waals surface area (Å²) in [7, 11) is 0. The van der Waals surface area contributed by atoms with Crippen LogP contribution in [0.1, 0.15) is 5.69 Å². The Bertz CT molecular complexity index is 354. The molecular formula is C6H3F3N2O2. The number of nitro groups is 1. The van der Waals surface area contributed by atoms with Crippen LogP contribution in [0.2, 0.25) is 0 Å². The molecule has 1 aromatic heterocycles. The van der Waals surface area contributed by atoms with E-state index in [1.807, 2.05) is 0 Å². The normalized spacial score (nSPS) is 10.2. The van der Waals surface area contributed by atoms with Crippen molar-refractivity contribution in [2.45, 2.75) is 6.92 Å². The highest BCUT2D eigenvalue weighted by Gasteiger charge is 2.27. The van der Waals surface area contributed by atoms with Crippen molar-refractivity contribution in [3.63, 3.8) is 0 Å². The zero-order valence-electron chi connectivity index (χ0n) is 6.34. The highest BCUT2D eigenvalue weighted by Crippen LogP contribution is 2.23. The van der Waals surface area contributed by atoms with Crippen molar-refractivity contribution in [2.75, 3.05) is 0 Å². The minimum absolute atomic E-state index is 0.550. The van der Waals surface area contributed by atoms with E-state index in [1.54, 1.807) is 0 Å². The molecule has 0 saturated carbocycles. The third-order valence-electron chi connectivity index (χ3n) is 1.36. The van der Waals surface area contributed by atoms with Crippen LogP contribution in [-0.2, 0) is 0 Å². The number of aryl methyl sites for hydroxylation is 1. The quantitative estimate of drug-likeness (QED) is 0.386. The summed E-state index contributed by atoms with van der Waals surface area (Å²) in [6.07, 6.45) is 0. The summed E-state index contributed by atoms with van der Waals surface area (Å²) in [5.41, 5.74) is -2.06. The van der Waals surface area contributed by atoms with Crippen LogP contribution < -0.4 is 0 Å². The van der Waals surface area contributed by atoms with Crippen molar-refractivity contribution in [2.24, 2.45) is 0 Å². The molecule has 1 aromatic rings. The fraction of sp³-hybridized carbons (Fsp3) is 0.167. The van der Waals surface area contributed by atoms with Gasteiger partial charge in [-0.2, -0.15) is 13.2 Å². The van der Waals surface area contributed by atoms with E-state index < -0.39 is 33.9 Å². The predicted molar refractivity (Wildman–Crippen MR) is 35.5 cm³/mol. The van der Waals surface area contributed by atoms with Crippen molar-refractivity contribution in [1.82, 2.24) is 4.98 Å². The molecule has 0 saturated heterocycles. The molecule has 1 rings (SSSR count). The van der Waals surface area contributed by atoms with Gasteiger partial charge in [-0.25, -0.2) is 4.98 Å². The van der Waals surface area contributed by atoms with Gasteiger partial charge in [0.25, 0.3) is 11.8 Å². The van der Waals surface area contributed by atoms with Crippen LogP contribution in [0.3, 0.4) is 0 Å². The van der Waals surface area contributed by atoms with Crippen molar-refractivity contribution >= 4 is 5.69 Å². The van der Waals surface area contributed by atoms with Gasteiger partial charge in [-0.15, -0.1) is 0 Å². The number of hydrogen-bond donors (Lipinski definition) is 0. The van der Waals surface area contributed by atoms with Crippen molar-refractivity contribution in [1.29, 1.82) is 0 Å². The molecule has 4 nitrogen and oxygen atoms in total. The molecule has 1 heterocycles. The Morgan fingerprint density at radius 2 is 1.85 bits per heavy atom. The maximum Gasteiger partial charge on any atom is 0.346 e. The molecule has 0 unspecified atom stereocenters. The minimum atomic E-state index is -1.88. The first-order valence-electron chi connectivity index (χ1n) is 3.10. The van der Waals surface area contributed by atoms with Crippen LogP contribution in [0, 0.1) is 34.6 Å². The molecule has 0 atom stereocenters. The highest BCUT2D eigenvalue weighted by atomic mass is 19.2. The Kier molecular flexibility index (Phi) is 2.18. The van der Waals surface area contributed by atoms with Gasteiger partial charge >= 0.3 is 5.69 Å². The molecule has 0 aliphatic heterocycles. The minimum Gasteiger partial charge on any atom is -0.258 e. The Balaban J connectivity index is 3.56. The first-order valence-corrected chi connectivity index (χ1v) is 3.10. The van der Waals surface area contributed by atoms with Crippen LogP contribution in [-0.4, -0.2) is 9.91 Å². The molecule has 0 aliphatic rings. The molecule has 70 valence electrons. The largest absolute Gasteiger partial charge is 0.346 e. The van der Waals surface area contributed by atoms with Crippen LogP contribution in [0.25, 0.3) is 0 Å². The summed E-state index contributed by atoms with van der Waals surface area (Å²) in [6, 6.07) is 0. The standard InChI is InChI=1S/C6H3F3N2O2/c1-2-3(7)5(11(12)13)4(8)6(9)10-2/h1H3. The number of halogens is 3. The molecule has 0 N–H and O–H groups in total. The number of hydrogen-bond acceptors (Lipinski definition) is 3. The Hall–Kier alpha value is -1.66. The van der Waals surface area contributed by atoms with Gasteiger partial charge in [0.2, 0.25) is 5.82 Å². The van der Waals surface area contributed by atoms with Gasteiger partial charge in [0, 0.05) is 0 Å². The third-order valence-corrected chi connectivity index (χ3v) is 1.36. The number of aromatic nitrogens is 1. The second-order valence-electron chi connectivity index (χ2n) is 2.22. The van der Waals surface area contributed by atoms with E-state index in [0.717, 1.165) is 6.92 Å². The van der Waals surface area contributed by atoms with Crippen LogP contribution in [0.5, 0.6) is 0 Å². The first-order chi connectivity index (χ1) is 5.95. The van der Waals surface area contributed by atoms with Crippen LogP contribution >= 0.6 is 0 Å². The monoisotopic (exact) mass is 192 g/mol. The van der Waals surface area contributed by atoms with Crippen molar-refractivity contribution in [3.05, 3.63) is 33.4 Å². The van der Waals surface area contributed by atoms with Gasteiger partial charge in [-0.3, -0.25) is 10.1 Å². The van der Waals surface area contributed by atoms with Gasteiger partial charge in [-0.1, -0.05) is 0 Å². The first kappa shape index (κ1) is 9.43. The van der Waals surface area contributed by atoms with Gasteiger partial charge in [0.1, 0.15) is 0 Å². The van der Waals surface area contributed by atoms with E-state index in [2.05, 4.69) is 4.98 Å². The maximum absolute atomic E-state index is 12.8. The predicted octanol–water partition coefficient (Wildman–Crippen LogP) is 1.72. The lowest BCUT2D eigenvalue weighted by Crippen LogP contribution is -2.04. The summed E-state index contributed by atoms with van der Waals surface area (Å²) >= 11 is 0. The molecule has 0 amide bonds. The topological polar surface area (TPSA) is 56.0 Å². The fourth-order valence-electron chi connectivity index (χ4n) is 0.771. The van der Waals surface area contributed by atoms with E-state index in [9.17, 15) is 23.3 Å². The summed E-state index contributed by atoms with van der Waals surface area (Å²) in [5, 5.41) is 10.1. The van der Waals surface area contributed by atoms with Crippen LogP contribution in [0.15, 0.2) is 0 Å². The molecule has 0 bridgehead atoms. The molecule has 0 aliphatic carbocycles. The lowest BCUT2D eigenvalue weighted by Gasteiger charge is -1.98. The lowest BCUT2D eigenvalue weighted by atomic mass is 10.3. The van der Waals surface area contributed by atoms with E-state index in [4.69, 9.17) is 0 Å². The molecule has 0 spiro atoms. The van der Waals surface area contributed by atoms with E-state index in [0.29, 0.717) is 0 Å². The smallest absolute Gasteiger partial charge is 0.258 e. The van der Waals surface area contributed by atoms with E-state index in [1.165, 1.54) is 0 Å². The second-order valence-corrected chi connectivity index (χ2v) is 2.22. The second kappa shape index (κ2) is 3.00. The van der Waals surface area contributed by atoms with Gasteiger partial charge < -0.3 is 0 Å². The Morgan fingerprint density at radius 1 is 1.31 bits per heavy atom. The zero-order chi connectivity index (χ0) is 10.2. The average molecular weight is 192 g/mol. The molecular weight excluding hydrogens is 189 g/mol. The number of rotatable bonds is 1. The van der Waals surface area contributed by atoms with Gasteiger partial charge in [0.15, 0.2) is 0 Å². The highest BCUT2D eigenvalue weighted by molar-refractivity contribution is 5.34. The van der Waals surface area contributed by atoms with Crippen molar-refractivity contribution < 1.29 is 18.1 Å². The van der Waals surface area contributed by atoms with Gasteiger partial charge in [-0.05, 0) is 6.92 Å². The lowest BCUT2D eigenvalue weighted by molar-refractivity contribution is -0.390. The summed E-state index contributed by atoms with van der Waals surface area (Å²) in [6.45, 7) is 1.00. The third kappa shape index (κ3) is 1.44. The fourth-order valence-corrected chi connectivity index (χ4v) is 0.771. The Morgan fingerprint density at radius 3 is 2.31 bits per heavy atom. The molecule has 13 heavy (non-hydrogen) atoms.